The lowest BCUT2D eigenvalue weighted by molar-refractivity contribution is 0.623. The van der Waals surface area contributed by atoms with Crippen molar-refractivity contribution in [3.63, 3.8) is 0 Å². The van der Waals surface area contributed by atoms with Crippen molar-refractivity contribution in [3.05, 3.63) is 170 Å². The average Bonchev–Trinajstić information content (AvgIpc) is 3.86. The van der Waals surface area contributed by atoms with Gasteiger partial charge in [-0.1, -0.05) is 121 Å². The second-order valence-corrected chi connectivity index (χ2v) is 14.5. The maximum Gasteiger partial charge on any atom is 0.227 e. The van der Waals surface area contributed by atoms with Crippen LogP contribution in [0.15, 0.2) is 174 Å². The Kier molecular flexibility index (Phi) is 6.97. The van der Waals surface area contributed by atoms with E-state index in [4.69, 9.17) is 24.4 Å². The zero-order valence-electron chi connectivity index (χ0n) is 28.8. The van der Waals surface area contributed by atoms with E-state index < -0.39 is 0 Å². The third-order valence-electron chi connectivity index (χ3n) is 10.1. The Labute approximate surface area is 313 Å². The molecular weight excluding hydrogens is 681 g/mol. The quantitative estimate of drug-likeness (QED) is 0.178. The van der Waals surface area contributed by atoms with E-state index in [0.717, 1.165) is 71.4 Å². The Morgan fingerprint density at radius 2 is 1.07 bits per heavy atom. The highest BCUT2D eigenvalue weighted by atomic mass is 32.1. The summed E-state index contributed by atoms with van der Waals surface area (Å²) in [4.78, 5) is 20.9. The lowest BCUT2D eigenvalue weighted by Gasteiger charge is -2.13. The summed E-state index contributed by atoms with van der Waals surface area (Å²) in [6, 6.07) is 58.8. The molecule has 5 nitrogen and oxygen atoms in total. The molecule has 0 saturated carbocycles. The molecule has 0 bridgehead atoms. The molecule has 0 fully saturated rings. The molecule has 0 spiro atoms. The molecule has 3 heterocycles. The zero-order valence-corrected chi connectivity index (χ0v) is 29.6. The molecule has 0 amide bonds. The molecule has 3 aromatic heterocycles. The summed E-state index contributed by atoms with van der Waals surface area (Å²) in [5, 5.41) is 6.54. The monoisotopic (exact) mass is 708 g/mol. The van der Waals surface area contributed by atoms with Gasteiger partial charge in [0, 0.05) is 47.8 Å². The molecule has 0 aliphatic heterocycles. The molecule has 0 atom stereocenters. The predicted octanol–water partition coefficient (Wildman–Crippen LogP) is 13.0. The predicted molar refractivity (Wildman–Crippen MR) is 222 cm³/mol. The van der Waals surface area contributed by atoms with E-state index in [0.29, 0.717) is 23.4 Å². The van der Waals surface area contributed by atoms with Crippen LogP contribution in [-0.4, -0.2) is 19.9 Å². The fourth-order valence-electron chi connectivity index (χ4n) is 7.54. The molecule has 0 saturated heterocycles. The standard InChI is InChI=1S/C48H28N4OS/c1-3-12-29(13-4-1)33-24-25-35-38(27-33)39(28-40-44(35)53-48(49-40)31-15-5-2-6-16-31)47-51-45(34-23-22-30-14-7-8-17-32(30)26-34)50-46(52-47)37-19-11-21-42-43(37)36-18-9-10-20-41(36)54-42/h1-28H. The molecule has 0 N–H and O–H groups in total. The van der Waals surface area contributed by atoms with Crippen molar-refractivity contribution in [2.45, 2.75) is 0 Å². The van der Waals surface area contributed by atoms with Crippen molar-refractivity contribution >= 4 is 64.2 Å². The van der Waals surface area contributed by atoms with Gasteiger partial charge in [-0.05, 0) is 75.8 Å². The Morgan fingerprint density at radius 1 is 0.389 bits per heavy atom. The van der Waals surface area contributed by atoms with Gasteiger partial charge in [0.2, 0.25) is 5.89 Å². The van der Waals surface area contributed by atoms with Gasteiger partial charge in [0.25, 0.3) is 0 Å². The van der Waals surface area contributed by atoms with Crippen LogP contribution in [0.25, 0.3) is 110 Å². The highest BCUT2D eigenvalue weighted by Crippen LogP contribution is 2.42. The first-order chi connectivity index (χ1) is 26.7. The summed E-state index contributed by atoms with van der Waals surface area (Å²) < 4.78 is 8.97. The summed E-state index contributed by atoms with van der Waals surface area (Å²) in [6.07, 6.45) is 0. The molecule has 54 heavy (non-hydrogen) atoms. The van der Waals surface area contributed by atoms with E-state index in [2.05, 4.69) is 133 Å². The summed E-state index contributed by atoms with van der Waals surface area (Å²) in [5.41, 5.74) is 7.34. The van der Waals surface area contributed by atoms with Gasteiger partial charge in [0.05, 0.1) is 0 Å². The first-order valence-electron chi connectivity index (χ1n) is 17.9. The van der Waals surface area contributed by atoms with Crippen LogP contribution in [0.2, 0.25) is 0 Å². The number of fused-ring (bicyclic) bond motifs is 7. The van der Waals surface area contributed by atoms with Crippen LogP contribution in [0.3, 0.4) is 0 Å². The van der Waals surface area contributed by atoms with Crippen molar-refractivity contribution in [2.24, 2.45) is 0 Å². The lowest BCUT2D eigenvalue weighted by atomic mass is 9.97. The molecule has 0 aliphatic carbocycles. The van der Waals surface area contributed by atoms with E-state index in [1.807, 2.05) is 36.4 Å². The van der Waals surface area contributed by atoms with Gasteiger partial charge in [-0.2, -0.15) is 0 Å². The summed E-state index contributed by atoms with van der Waals surface area (Å²) in [6.45, 7) is 0. The maximum absolute atomic E-state index is 6.55. The van der Waals surface area contributed by atoms with Crippen molar-refractivity contribution in [1.29, 1.82) is 0 Å². The van der Waals surface area contributed by atoms with Crippen molar-refractivity contribution in [2.75, 3.05) is 0 Å². The normalized spacial score (nSPS) is 11.7. The summed E-state index contributed by atoms with van der Waals surface area (Å²) >= 11 is 1.79. The Hall–Kier alpha value is -7.02. The Morgan fingerprint density at radius 3 is 1.93 bits per heavy atom. The number of benzene rings is 8. The Balaban J connectivity index is 1.22. The minimum atomic E-state index is 0.570. The van der Waals surface area contributed by atoms with Crippen LogP contribution in [0.1, 0.15) is 0 Å². The largest absolute Gasteiger partial charge is 0.435 e. The number of hydrogen-bond acceptors (Lipinski definition) is 6. The first kappa shape index (κ1) is 30.6. The van der Waals surface area contributed by atoms with E-state index in [-0.39, 0.29) is 0 Å². The van der Waals surface area contributed by atoms with Crippen molar-refractivity contribution < 1.29 is 4.42 Å². The first-order valence-corrected chi connectivity index (χ1v) is 18.7. The summed E-state index contributed by atoms with van der Waals surface area (Å²) in [5.74, 6) is 2.37. The third kappa shape index (κ3) is 5.07. The zero-order chi connectivity index (χ0) is 35.6. The maximum atomic E-state index is 6.55. The minimum Gasteiger partial charge on any atom is -0.435 e. The number of hydrogen-bond donors (Lipinski definition) is 0. The average molecular weight is 709 g/mol. The third-order valence-corrected chi connectivity index (χ3v) is 11.3. The van der Waals surface area contributed by atoms with Gasteiger partial charge in [-0.15, -0.1) is 11.3 Å². The second-order valence-electron chi connectivity index (χ2n) is 13.4. The highest BCUT2D eigenvalue weighted by Gasteiger charge is 2.21. The van der Waals surface area contributed by atoms with Crippen LogP contribution >= 0.6 is 11.3 Å². The molecule has 11 rings (SSSR count). The minimum absolute atomic E-state index is 0.570. The smallest absolute Gasteiger partial charge is 0.227 e. The molecule has 8 aromatic carbocycles. The topological polar surface area (TPSA) is 64.7 Å². The number of aromatic nitrogens is 4. The molecule has 252 valence electrons. The highest BCUT2D eigenvalue weighted by molar-refractivity contribution is 7.25. The number of rotatable bonds is 5. The van der Waals surface area contributed by atoms with Gasteiger partial charge in [-0.3, -0.25) is 0 Å². The SMILES string of the molecule is c1ccc(-c2ccc3c(c2)c(-c2nc(-c4ccc5ccccc5c4)nc(-c4cccc5sc6ccccc6c45)n2)cc2nc(-c4ccccc4)oc23)cc1. The lowest BCUT2D eigenvalue weighted by Crippen LogP contribution is -2.01. The molecule has 11 aromatic rings. The van der Waals surface area contributed by atoms with E-state index in [1.54, 1.807) is 11.3 Å². The molecule has 0 unspecified atom stereocenters. The molecule has 6 heteroatoms. The van der Waals surface area contributed by atoms with Crippen LogP contribution in [0.4, 0.5) is 0 Å². The van der Waals surface area contributed by atoms with Gasteiger partial charge in [0.15, 0.2) is 23.1 Å². The molecular formula is C48H28N4OS. The van der Waals surface area contributed by atoms with Crippen LogP contribution < -0.4 is 0 Å². The van der Waals surface area contributed by atoms with E-state index in [9.17, 15) is 0 Å². The van der Waals surface area contributed by atoms with E-state index >= 15 is 0 Å². The number of oxazole rings is 1. The second kappa shape index (κ2) is 12.3. The molecule has 0 aliphatic rings. The van der Waals surface area contributed by atoms with Crippen molar-refractivity contribution in [1.82, 2.24) is 19.9 Å². The molecule has 0 radical (unpaired) electrons. The summed E-state index contributed by atoms with van der Waals surface area (Å²) in [7, 11) is 0. The van der Waals surface area contributed by atoms with Crippen LogP contribution in [0.5, 0.6) is 0 Å². The van der Waals surface area contributed by atoms with Gasteiger partial charge >= 0.3 is 0 Å². The van der Waals surface area contributed by atoms with Gasteiger partial charge in [0.1, 0.15) is 5.52 Å². The van der Waals surface area contributed by atoms with E-state index in [1.165, 1.54) is 14.8 Å². The van der Waals surface area contributed by atoms with Crippen molar-refractivity contribution in [3.8, 4) is 56.7 Å². The number of nitrogens with zero attached hydrogens (tertiary/aromatic N) is 4. The van der Waals surface area contributed by atoms with Crippen LogP contribution in [-0.2, 0) is 0 Å². The fraction of sp³-hybridized carbons (Fsp3) is 0. The van der Waals surface area contributed by atoms with Crippen LogP contribution in [0, 0.1) is 0 Å². The Bertz CT molecular complexity index is 3220. The van der Waals surface area contributed by atoms with Gasteiger partial charge < -0.3 is 4.42 Å². The fourth-order valence-corrected chi connectivity index (χ4v) is 8.67. The van der Waals surface area contributed by atoms with Gasteiger partial charge in [-0.25, -0.2) is 19.9 Å². The number of thiophene rings is 1.